The Labute approximate surface area is 208 Å². The molecule has 1 unspecified atom stereocenters. The molecule has 3 heterocycles. The Morgan fingerprint density at radius 2 is 1.81 bits per heavy atom. The number of hydrazine groups is 1. The smallest absolute Gasteiger partial charge is 0.266 e. The Kier molecular flexibility index (Phi) is 8.39. The molecular weight excluding hydrogens is 477 g/mol. The van der Waals surface area contributed by atoms with E-state index in [2.05, 4.69) is 25.6 Å². The van der Waals surface area contributed by atoms with Gasteiger partial charge in [-0.2, -0.15) is 0 Å². The van der Waals surface area contributed by atoms with E-state index < -0.39 is 30.1 Å². The minimum absolute atomic E-state index is 0.0491. The fraction of sp³-hybridized carbons (Fsp3) is 0.542. The molecule has 2 N–H and O–H groups in total. The highest BCUT2D eigenvalue weighted by molar-refractivity contribution is 5.78. The molecule has 1 aromatic carbocycles. The van der Waals surface area contributed by atoms with Crippen molar-refractivity contribution in [1.29, 1.82) is 0 Å². The van der Waals surface area contributed by atoms with Gasteiger partial charge in [0, 0.05) is 31.7 Å². The van der Waals surface area contributed by atoms with Crippen LogP contribution in [0.2, 0.25) is 0 Å². The molecule has 4 rings (SSSR count). The van der Waals surface area contributed by atoms with E-state index in [-0.39, 0.29) is 17.9 Å². The van der Waals surface area contributed by atoms with Gasteiger partial charge in [-0.1, -0.05) is 18.2 Å². The molecule has 2 aliphatic heterocycles. The largest absolute Gasteiger partial charge is 0.363 e. The molecule has 1 aromatic heterocycles. The third-order valence-corrected chi connectivity index (χ3v) is 6.22. The van der Waals surface area contributed by atoms with Crippen LogP contribution in [0, 0.1) is 12.7 Å². The van der Waals surface area contributed by atoms with Crippen molar-refractivity contribution in [3.05, 3.63) is 52.2 Å². The zero-order chi connectivity index (χ0) is 25.8. The number of hydrogen-bond acceptors (Lipinski definition) is 8. The lowest BCUT2D eigenvalue weighted by molar-refractivity contribution is -0.126. The molecule has 2 aromatic rings. The van der Waals surface area contributed by atoms with Crippen LogP contribution in [0.1, 0.15) is 53.9 Å². The van der Waals surface area contributed by atoms with E-state index in [9.17, 15) is 18.0 Å². The lowest BCUT2D eigenvalue weighted by Crippen LogP contribution is -2.52. The third kappa shape index (κ3) is 6.12. The predicted octanol–water partition coefficient (Wildman–Crippen LogP) is 2.90. The van der Waals surface area contributed by atoms with Crippen LogP contribution >= 0.6 is 0 Å². The predicted molar refractivity (Wildman–Crippen MR) is 126 cm³/mol. The summed E-state index contributed by atoms with van der Waals surface area (Å²) >= 11 is 0. The maximum atomic E-state index is 14.8. The number of piperazine rings is 1. The SMILES string of the molecule is Cc1nc(CC(=O)NN2CCN(C)CC2)c(C2OCCO2)c(NC(C)c2cccc(C(F)F)c2F)n1. The molecule has 2 saturated heterocycles. The van der Waals surface area contributed by atoms with Gasteiger partial charge in [0.15, 0.2) is 6.29 Å². The van der Waals surface area contributed by atoms with Gasteiger partial charge in [0.1, 0.15) is 17.5 Å². The molecular formula is C24H31F3N6O3. The summed E-state index contributed by atoms with van der Waals surface area (Å²) in [5, 5.41) is 4.98. The number of carbonyl (C=O) groups excluding carboxylic acids is 1. The van der Waals surface area contributed by atoms with Gasteiger partial charge in [0.05, 0.1) is 42.5 Å². The van der Waals surface area contributed by atoms with Crippen molar-refractivity contribution >= 4 is 11.7 Å². The van der Waals surface area contributed by atoms with Crippen LogP contribution in [0.5, 0.6) is 0 Å². The number of ether oxygens (including phenoxy) is 2. The first-order chi connectivity index (χ1) is 17.2. The zero-order valence-electron chi connectivity index (χ0n) is 20.6. The van der Waals surface area contributed by atoms with Crippen LogP contribution in [0.3, 0.4) is 0 Å². The van der Waals surface area contributed by atoms with Gasteiger partial charge in [-0.15, -0.1) is 0 Å². The number of hydrogen-bond donors (Lipinski definition) is 2. The molecule has 2 aliphatic rings. The van der Waals surface area contributed by atoms with Gasteiger partial charge in [-0.3, -0.25) is 10.2 Å². The van der Waals surface area contributed by atoms with Crippen molar-refractivity contribution in [2.75, 3.05) is 51.8 Å². The van der Waals surface area contributed by atoms with E-state index in [1.54, 1.807) is 13.8 Å². The van der Waals surface area contributed by atoms with Crippen molar-refractivity contribution in [1.82, 2.24) is 25.3 Å². The van der Waals surface area contributed by atoms with E-state index in [1.807, 2.05) is 12.1 Å². The Morgan fingerprint density at radius 1 is 1.14 bits per heavy atom. The molecule has 36 heavy (non-hydrogen) atoms. The van der Waals surface area contributed by atoms with E-state index in [0.29, 0.717) is 49.2 Å². The van der Waals surface area contributed by atoms with Crippen LogP contribution in [0.15, 0.2) is 18.2 Å². The van der Waals surface area contributed by atoms with Gasteiger partial charge in [0.2, 0.25) is 5.91 Å². The van der Waals surface area contributed by atoms with Crippen LogP contribution in [-0.2, 0) is 20.7 Å². The Balaban J connectivity index is 1.60. The molecule has 0 saturated carbocycles. The number of amides is 1. The lowest BCUT2D eigenvalue weighted by Gasteiger charge is -2.32. The highest BCUT2D eigenvalue weighted by atomic mass is 19.3. The van der Waals surface area contributed by atoms with Crippen LogP contribution in [0.25, 0.3) is 0 Å². The Hall–Kier alpha value is -2.80. The van der Waals surface area contributed by atoms with E-state index in [1.165, 1.54) is 12.1 Å². The van der Waals surface area contributed by atoms with Crippen molar-refractivity contribution in [2.24, 2.45) is 0 Å². The van der Waals surface area contributed by atoms with Gasteiger partial charge in [-0.05, 0) is 20.9 Å². The molecule has 1 atom stereocenters. The summed E-state index contributed by atoms with van der Waals surface area (Å²) in [4.78, 5) is 24.0. The average Bonchev–Trinajstić information content (AvgIpc) is 3.34. The molecule has 12 heteroatoms. The summed E-state index contributed by atoms with van der Waals surface area (Å²) in [7, 11) is 2.03. The number of nitrogens with zero attached hydrogens (tertiary/aromatic N) is 4. The van der Waals surface area contributed by atoms with Crippen molar-refractivity contribution < 1.29 is 27.4 Å². The highest BCUT2D eigenvalue weighted by Crippen LogP contribution is 2.34. The second-order valence-corrected chi connectivity index (χ2v) is 8.97. The number of rotatable bonds is 8. The van der Waals surface area contributed by atoms with Crippen LogP contribution < -0.4 is 10.7 Å². The number of carbonyl (C=O) groups is 1. The quantitative estimate of drug-likeness (QED) is 0.563. The summed E-state index contributed by atoms with van der Waals surface area (Å²) < 4.78 is 52.6. The summed E-state index contributed by atoms with van der Waals surface area (Å²) in [5.41, 5.74) is 3.17. The minimum Gasteiger partial charge on any atom is -0.363 e. The summed E-state index contributed by atoms with van der Waals surface area (Å²) in [6, 6.07) is 3.18. The molecule has 0 aliphatic carbocycles. The Morgan fingerprint density at radius 3 is 2.47 bits per heavy atom. The number of aromatic nitrogens is 2. The van der Waals surface area contributed by atoms with Gasteiger partial charge in [-0.25, -0.2) is 28.1 Å². The van der Waals surface area contributed by atoms with Gasteiger partial charge >= 0.3 is 0 Å². The fourth-order valence-electron chi connectivity index (χ4n) is 4.30. The second-order valence-electron chi connectivity index (χ2n) is 8.97. The van der Waals surface area contributed by atoms with E-state index >= 15 is 0 Å². The maximum absolute atomic E-state index is 14.8. The molecule has 2 fully saturated rings. The first-order valence-corrected chi connectivity index (χ1v) is 11.9. The molecule has 0 bridgehead atoms. The van der Waals surface area contributed by atoms with Gasteiger partial charge < -0.3 is 19.7 Å². The number of halogens is 3. The summed E-state index contributed by atoms with van der Waals surface area (Å²) in [6.07, 6.45) is -3.80. The number of anilines is 1. The normalized spacial score (nSPS) is 18.5. The zero-order valence-corrected chi connectivity index (χ0v) is 20.6. The lowest BCUT2D eigenvalue weighted by atomic mass is 10.0. The number of aryl methyl sites for hydroxylation is 1. The monoisotopic (exact) mass is 508 g/mol. The Bertz CT molecular complexity index is 1080. The van der Waals surface area contributed by atoms with Crippen LogP contribution in [0.4, 0.5) is 19.0 Å². The molecule has 1 amide bonds. The number of likely N-dealkylation sites (N-methyl/N-ethyl adjacent to an activating group) is 1. The second kappa shape index (κ2) is 11.5. The van der Waals surface area contributed by atoms with Crippen molar-refractivity contribution in [3.63, 3.8) is 0 Å². The fourth-order valence-corrected chi connectivity index (χ4v) is 4.30. The van der Waals surface area contributed by atoms with Crippen molar-refractivity contribution in [2.45, 2.75) is 39.0 Å². The summed E-state index contributed by atoms with van der Waals surface area (Å²) in [5.74, 6) is -0.534. The van der Waals surface area contributed by atoms with Crippen LogP contribution in [-0.4, -0.2) is 72.2 Å². The topological polar surface area (TPSA) is 91.9 Å². The number of benzene rings is 1. The number of nitrogens with one attached hydrogen (secondary N) is 2. The molecule has 9 nitrogen and oxygen atoms in total. The first-order valence-electron chi connectivity index (χ1n) is 11.9. The van der Waals surface area contributed by atoms with E-state index in [4.69, 9.17) is 9.47 Å². The molecule has 0 spiro atoms. The summed E-state index contributed by atoms with van der Waals surface area (Å²) in [6.45, 7) is 7.13. The standard InChI is InChI=1S/C24H31F3N6O3/c1-14(16-5-4-6-17(21(16)25)22(26)27)28-23-20(24-35-11-12-36-24)18(29-15(2)30-23)13-19(34)31-33-9-7-32(3)8-10-33/h4-6,14,22,24H,7-13H2,1-3H3,(H,31,34)(H,28,29,30). The van der Waals surface area contributed by atoms with E-state index in [0.717, 1.165) is 19.2 Å². The minimum atomic E-state index is -2.93. The molecule has 0 radical (unpaired) electrons. The first kappa shape index (κ1) is 26.3. The average molecular weight is 509 g/mol. The van der Waals surface area contributed by atoms with Gasteiger partial charge in [0.25, 0.3) is 6.43 Å². The van der Waals surface area contributed by atoms with Crippen molar-refractivity contribution in [3.8, 4) is 0 Å². The number of alkyl halides is 2. The maximum Gasteiger partial charge on any atom is 0.266 e. The third-order valence-electron chi connectivity index (χ3n) is 6.22. The molecule has 196 valence electrons. The highest BCUT2D eigenvalue weighted by Gasteiger charge is 2.30.